The Morgan fingerprint density at radius 1 is 0.656 bits per heavy atom. The maximum absolute atomic E-state index is 10.9. The summed E-state index contributed by atoms with van der Waals surface area (Å²) in [5, 5.41) is 10.9. The Kier molecular flexibility index (Phi) is 4.46. The van der Waals surface area contributed by atoms with E-state index in [-0.39, 0.29) is 17.1 Å². The molecule has 1 N–H and O–H groups in total. The highest BCUT2D eigenvalue weighted by atomic mass is 16.6. The van der Waals surface area contributed by atoms with Crippen molar-refractivity contribution in [2.24, 2.45) is 56.7 Å². The summed E-state index contributed by atoms with van der Waals surface area (Å²) in [5.74, 6) is 4.01. The van der Waals surface area contributed by atoms with E-state index in [1.165, 1.54) is 57.8 Å². The fourth-order valence-corrected chi connectivity index (χ4v) is 11.9. The molecule has 0 aromatic rings. The lowest BCUT2D eigenvalue weighted by molar-refractivity contribution is -0.248. The van der Waals surface area contributed by atoms with Gasteiger partial charge in [-0.1, -0.05) is 41.5 Å². The first-order chi connectivity index (χ1) is 14.8. The van der Waals surface area contributed by atoms with Crippen LogP contribution in [0.1, 0.15) is 113 Å². The van der Waals surface area contributed by atoms with Crippen molar-refractivity contribution < 1.29 is 9.84 Å². The van der Waals surface area contributed by atoms with Gasteiger partial charge in [0.15, 0.2) is 0 Å². The van der Waals surface area contributed by atoms with E-state index in [1.807, 2.05) is 0 Å². The van der Waals surface area contributed by atoms with Gasteiger partial charge < -0.3 is 9.84 Å². The summed E-state index contributed by atoms with van der Waals surface area (Å²) in [6.07, 6.45) is 13.4. The third-order valence-electron chi connectivity index (χ3n) is 14.2. The average Bonchev–Trinajstić information content (AvgIpc) is 3.36. The van der Waals surface area contributed by atoms with Crippen LogP contribution in [-0.4, -0.2) is 23.4 Å². The Morgan fingerprint density at radius 2 is 1.38 bits per heavy atom. The van der Waals surface area contributed by atoms with E-state index >= 15 is 0 Å². The summed E-state index contributed by atoms with van der Waals surface area (Å²) in [7, 11) is 0. The smallest absolute Gasteiger partial charge is 0.0919 e. The molecule has 6 fully saturated rings. The van der Waals surface area contributed by atoms with E-state index in [4.69, 9.17) is 4.74 Å². The van der Waals surface area contributed by atoms with E-state index in [2.05, 4.69) is 48.5 Å². The van der Waals surface area contributed by atoms with Crippen molar-refractivity contribution in [3.8, 4) is 0 Å². The van der Waals surface area contributed by atoms with Crippen LogP contribution in [0.15, 0.2) is 0 Å². The van der Waals surface area contributed by atoms with Crippen molar-refractivity contribution in [1.29, 1.82) is 0 Å². The Morgan fingerprint density at radius 3 is 2.06 bits per heavy atom. The van der Waals surface area contributed by atoms with Crippen molar-refractivity contribution in [1.82, 2.24) is 0 Å². The SMILES string of the molecule is CC1(C)[C@H](O)CC[C@]2(C)[C@H]3CC[C@@H]4[C@H]5[C@H]([C@@]6(C)CO6)CC[C@]5(C)CC[C@@]4(C)[C@]3(C)CC[C@@H]12. The second-order valence-electron chi connectivity index (χ2n) is 15.5. The summed E-state index contributed by atoms with van der Waals surface area (Å²) in [6.45, 7) is 19.0. The van der Waals surface area contributed by atoms with Gasteiger partial charge in [0, 0.05) is 0 Å². The maximum atomic E-state index is 10.9. The lowest BCUT2D eigenvalue weighted by atomic mass is 9.32. The first-order valence-corrected chi connectivity index (χ1v) is 14.1. The van der Waals surface area contributed by atoms with E-state index in [0.29, 0.717) is 27.6 Å². The fourth-order valence-electron chi connectivity index (χ4n) is 11.9. The molecule has 5 aliphatic carbocycles. The highest BCUT2D eigenvalue weighted by molar-refractivity contribution is 5.20. The molecule has 5 saturated carbocycles. The second-order valence-corrected chi connectivity index (χ2v) is 15.5. The van der Waals surface area contributed by atoms with Crippen LogP contribution in [0.3, 0.4) is 0 Å². The van der Waals surface area contributed by atoms with Crippen LogP contribution in [0.4, 0.5) is 0 Å². The number of epoxide rings is 1. The Labute approximate surface area is 197 Å². The molecule has 2 heteroatoms. The third-order valence-corrected chi connectivity index (χ3v) is 14.2. The number of fused-ring (bicyclic) bond motifs is 7. The van der Waals surface area contributed by atoms with Crippen LogP contribution in [-0.2, 0) is 4.74 Å². The highest BCUT2D eigenvalue weighted by Crippen LogP contribution is 2.78. The highest BCUT2D eigenvalue weighted by Gasteiger charge is 2.71. The summed E-state index contributed by atoms with van der Waals surface area (Å²) in [4.78, 5) is 0. The molecule has 1 heterocycles. The lowest BCUT2D eigenvalue weighted by Gasteiger charge is -2.73. The van der Waals surface area contributed by atoms with Crippen LogP contribution in [0, 0.1) is 56.7 Å². The van der Waals surface area contributed by atoms with Gasteiger partial charge in [-0.2, -0.15) is 0 Å². The normalized spacial score (nSPS) is 63.0. The minimum atomic E-state index is -0.120. The molecule has 182 valence electrons. The zero-order chi connectivity index (χ0) is 22.9. The molecule has 6 rings (SSSR count). The van der Waals surface area contributed by atoms with Gasteiger partial charge >= 0.3 is 0 Å². The summed E-state index contributed by atoms with van der Waals surface area (Å²) in [5.41, 5.74) is 2.09. The van der Waals surface area contributed by atoms with Gasteiger partial charge in [-0.25, -0.2) is 0 Å². The molecule has 0 amide bonds. The largest absolute Gasteiger partial charge is 0.393 e. The van der Waals surface area contributed by atoms with E-state index in [1.54, 1.807) is 0 Å². The number of aliphatic hydroxyl groups is 1. The monoisotopic (exact) mass is 442 g/mol. The van der Waals surface area contributed by atoms with Crippen LogP contribution in [0.2, 0.25) is 0 Å². The minimum Gasteiger partial charge on any atom is -0.393 e. The zero-order valence-electron chi connectivity index (χ0n) is 22.1. The summed E-state index contributed by atoms with van der Waals surface area (Å²) in [6, 6.07) is 0. The van der Waals surface area contributed by atoms with Gasteiger partial charge in [-0.05, 0) is 128 Å². The van der Waals surface area contributed by atoms with Crippen LogP contribution < -0.4 is 0 Å². The van der Waals surface area contributed by atoms with Gasteiger partial charge in [-0.15, -0.1) is 0 Å². The fraction of sp³-hybridized carbons (Fsp3) is 1.00. The predicted molar refractivity (Wildman–Crippen MR) is 130 cm³/mol. The standard InChI is InChI=1S/C30H50O2/c1-25(2)21-11-15-29(6)22(27(21,4)14-12-23(25)31)9-8-19-24-20(30(7)18-32-30)10-13-26(24,3)16-17-28(19,29)5/h19-24,31H,8-18H2,1-7H3/t19-,20-,21+,22-,23-,24+,26-,27+,28-,29-,30-/m1/s1. The molecule has 0 radical (unpaired) electrons. The minimum absolute atomic E-state index is 0.0612. The van der Waals surface area contributed by atoms with Crippen molar-refractivity contribution in [3.63, 3.8) is 0 Å². The Hall–Kier alpha value is -0.0800. The maximum Gasteiger partial charge on any atom is 0.0919 e. The molecule has 0 bridgehead atoms. The van der Waals surface area contributed by atoms with E-state index in [0.717, 1.165) is 36.7 Å². The molecule has 1 aliphatic heterocycles. The first-order valence-electron chi connectivity index (χ1n) is 14.1. The molecule has 11 atom stereocenters. The van der Waals surface area contributed by atoms with Gasteiger partial charge in [0.25, 0.3) is 0 Å². The zero-order valence-corrected chi connectivity index (χ0v) is 22.1. The number of hydrogen-bond acceptors (Lipinski definition) is 2. The number of rotatable bonds is 1. The third kappa shape index (κ3) is 2.51. The van der Waals surface area contributed by atoms with E-state index < -0.39 is 0 Å². The predicted octanol–water partition coefficient (Wildman–Crippen LogP) is 7.24. The molecule has 1 saturated heterocycles. The molecule has 0 aromatic heterocycles. The molecule has 0 unspecified atom stereocenters. The molecule has 0 aromatic carbocycles. The lowest BCUT2D eigenvalue weighted by Crippen LogP contribution is -2.66. The van der Waals surface area contributed by atoms with Crippen molar-refractivity contribution in [2.75, 3.05) is 6.61 Å². The van der Waals surface area contributed by atoms with Crippen LogP contribution in [0.5, 0.6) is 0 Å². The van der Waals surface area contributed by atoms with Crippen molar-refractivity contribution >= 4 is 0 Å². The van der Waals surface area contributed by atoms with Crippen LogP contribution in [0.25, 0.3) is 0 Å². The Bertz CT molecular complexity index is 799. The van der Waals surface area contributed by atoms with Gasteiger partial charge in [-0.3, -0.25) is 0 Å². The molecule has 6 aliphatic rings. The molecular formula is C30H50O2. The molecule has 2 nitrogen and oxygen atoms in total. The van der Waals surface area contributed by atoms with Crippen molar-refractivity contribution in [3.05, 3.63) is 0 Å². The van der Waals surface area contributed by atoms with Gasteiger partial charge in [0.2, 0.25) is 0 Å². The topological polar surface area (TPSA) is 32.8 Å². The molecule has 32 heavy (non-hydrogen) atoms. The number of aliphatic hydroxyl groups excluding tert-OH is 1. The van der Waals surface area contributed by atoms with Gasteiger partial charge in [0.05, 0.1) is 18.3 Å². The number of ether oxygens (including phenoxy) is 1. The quantitative estimate of drug-likeness (QED) is 0.434. The summed E-state index contributed by atoms with van der Waals surface area (Å²) >= 11 is 0. The molecule has 0 spiro atoms. The Balaban J connectivity index is 1.39. The first kappa shape index (κ1) is 22.4. The van der Waals surface area contributed by atoms with E-state index in [9.17, 15) is 5.11 Å². The van der Waals surface area contributed by atoms with Crippen molar-refractivity contribution in [2.45, 2.75) is 124 Å². The second kappa shape index (κ2) is 6.37. The molecular weight excluding hydrogens is 392 g/mol. The van der Waals surface area contributed by atoms with Gasteiger partial charge in [0.1, 0.15) is 0 Å². The average molecular weight is 443 g/mol. The number of hydrogen-bond donors (Lipinski definition) is 1. The van der Waals surface area contributed by atoms with Crippen LogP contribution >= 0.6 is 0 Å². The summed E-state index contributed by atoms with van der Waals surface area (Å²) < 4.78 is 6.11.